The lowest BCUT2D eigenvalue weighted by Gasteiger charge is -2.13. The summed E-state index contributed by atoms with van der Waals surface area (Å²) in [5, 5.41) is 3.49. The van der Waals surface area contributed by atoms with Crippen molar-refractivity contribution in [3.8, 4) is 0 Å². The molecule has 0 amide bonds. The van der Waals surface area contributed by atoms with Crippen molar-refractivity contribution < 1.29 is 0 Å². The third kappa shape index (κ3) is 4.98. The highest BCUT2D eigenvalue weighted by molar-refractivity contribution is 5.18. The molecule has 1 aromatic rings. The van der Waals surface area contributed by atoms with E-state index in [1.807, 2.05) is 0 Å². The van der Waals surface area contributed by atoms with Gasteiger partial charge in [-0.25, -0.2) is 0 Å². The molecule has 15 heavy (non-hydrogen) atoms. The maximum atomic E-state index is 3.49. The van der Waals surface area contributed by atoms with Gasteiger partial charge in [-0.2, -0.15) is 0 Å². The number of nitrogens with one attached hydrogen (secondary N) is 1. The van der Waals surface area contributed by atoms with Gasteiger partial charge in [-0.15, -0.1) is 0 Å². The highest BCUT2D eigenvalue weighted by atomic mass is 14.8. The second-order valence-corrected chi connectivity index (χ2v) is 4.70. The predicted octanol–water partition coefficient (Wildman–Crippen LogP) is 3.43. The molecule has 84 valence electrons. The number of rotatable bonds is 6. The van der Waals surface area contributed by atoms with E-state index in [4.69, 9.17) is 0 Å². The highest BCUT2D eigenvalue weighted by Gasteiger charge is 2.03. The number of benzene rings is 1. The van der Waals surface area contributed by atoms with Crippen LogP contribution in [0.25, 0.3) is 0 Å². The van der Waals surface area contributed by atoms with Crippen LogP contribution in [0.1, 0.15) is 38.7 Å². The SMILES string of the molecule is CC(C)CNCCC(C)c1ccccc1. The normalized spacial score (nSPS) is 13.1. The van der Waals surface area contributed by atoms with Crippen molar-refractivity contribution in [3.63, 3.8) is 0 Å². The van der Waals surface area contributed by atoms with E-state index in [1.54, 1.807) is 0 Å². The molecule has 0 aliphatic carbocycles. The molecule has 0 radical (unpaired) electrons. The average molecular weight is 205 g/mol. The zero-order valence-corrected chi connectivity index (χ0v) is 10.2. The lowest BCUT2D eigenvalue weighted by molar-refractivity contribution is 0.525. The summed E-state index contributed by atoms with van der Waals surface area (Å²) in [6, 6.07) is 10.7. The molecular formula is C14H23N. The van der Waals surface area contributed by atoms with Crippen LogP contribution < -0.4 is 5.32 Å². The van der Waals surface area contributed by atoms with Crippen molar-refractivity contribution in [1.82, 2.24) is 5.32 Å². The van der Waals surface area contributed by atoms with E-state index < -0.39 is 0 Å². The lowest BCUT2D eigenvalue weighted by Crippen LogP contribution is -2.21. The predicted molar refractivity (Wildman–Crippen MR) is 67.2 cm³/mol. The number of hydrogen-bond acceptors (Lipinski definition) is 1. The maximum Gasteiger partial charge on any atom is -0.00258 e. The fourth-order valence-corrected chi connectivity index (χ4v) is 1.66. The zero-order valence-electron chi connectivity index (χ0n) is 10.2. The van der Waals surface area contributed by atoms with Gasteiger partial charge < -0.3 is 5.32 Å². The van der Waals surface area contributed by atoms with E-state index in [9.17, 15) is 0 Å². The fourth-order valence-electron chi connectivity index (χ4n) is 1.66. The topological polar surface area (TPSA) is 12.0 Å². The van der Waals surface area contributed by atoms with Gasteiger partial charge in [0.25, 0.3) is 0 Å². The molecule has 0 saturated heterocycles. The van der Waals surface area contributed by atoms with E-state index in [1.165, 1.54) is 12.0 Å². The molecule has 1 atom stereocenters. The van der Waals surface area contributed by atoms with Gasteiger partial charge >= 0.3 is 0 Å². The Morgan fingerprint density at radius 3 is 2.33 bits per heavy atom. The molecule has 1 nitrogen and oxygen atoms in total. The zero-order chi connectivity index (χ0) is 11.1. The van der Waals surface area contributed by atoms with Crippen LogP contribution in [0.15, 0.2) is 30.3 Å². The first-order valence-corrected chi connectivity index (χ1v) is 5.96. The molecule has 1 heteroatoms. The molecular weight excluding hydrogens is 182 g/mol. The molecule has 0 bridgehead atoms. The summed E-state index contributed by atoms with van der Waals surface area (Å²) in [4.78, 5) is 0. The second kappa shape index (κ2) is 6.62. The van der Waals surface area contributed by atoms with Crippen LogP contribution in [0.2, 0.25) is 0 Å². The molecule has 1 aromatic carbocycles. The van der Waals surface area contributed by atoms with Crippen molar-refractivity contribution >= 4 is 0 Å². The van der Waals surface area contributed by atoms with E-state index in [0.29, 0.717) is 5.92 Å². The van der Waals surface area contributed by atoms with Gasteiger partial charge in [-0.3, -0.25) is 0 Å². The van der Waals surface area contributed by atoms with Gasteiger partial charge in [0.2, 0.25) is 0 Å². The van der Waals surface area contributed by atoms with E-state index in [0.717, 1.165) is 19.0 Å². The molecule has 0 saturated carbocycles. The third-order valence-electron chi connectivity index (χ3n) is 2.68. The minimum Gasteiger partial charge on any atom is -0.316 e. The van der Waals surface area contributed by atoms with E-state index in [-0.39, 0.29) is 0 Å². The van der Waals surface area contributed by atoms with Crippen molar-refractivity contribution in [2.75, 3.05) is 13.1 Å². The van der Waals surface area contributed by atoms with Crippen LogP contribution in [0.3, 0.4) is 0 Å². The smallest absolute Gasteiger partial charge is 0.00258 e. The first-order valence-electron chi connectivity index (χ1n) is 5.96. The Hall–Kier alpha value is -0.820. The molecule has 1 rings (SSSR count). The average Bonchev–Trinajstić information content (AvgIpc) is 2.25. The minimum absolute atomic E-state index is 0.658. The Labute approximate surface area is 93.9 Å². The third-order valence-corrected chi connectivity index (χ3v) is 2.68. The maximum absolute atomic E-state index is 3.49. The first-order chi connectivity index (χ1) is 7.20. The molecule has 1 unspecified atom stereocenters. The quantitative estimate of drug-likeness (QED) is 0.702. The van der Waals surface area contributed by atoms with Crippen molar-refractivity contribution in [2.45, 2.75) is 33.1 Å². The molecule has 0 aliphatic heterocycles. The lowest BCUT2D eigenvalue weighted by atomic mass is 9.98. The Morgan fingerprint density at radius 2 is 1.73 bits per heavy atom. The summed E-state index contributed by atoms with van der Waals surface area (Å²) in [5.74, 6) is 1.41. The Morgan fingerprint density at radius 1 is 1.07 bits per heavy atom. The van der Waals surface area contributed by atoms with Gasteiger partial charge in [0.05, 0.1) is 0 Å². The molecule has 0 fully saturated rings. The first kappa shape index (κ1) is 12.3. The van der Waals surface area contributed by atoms with Crippen LogP contribution in [0.5, 0.6) is 0 Å². The van der Waals surface area contributed by atoms with Gasteiger partial charge in [0, 0.05) is 0 Å². The van der Waals surface area contributed by atoms with Crippen LogP contribution in [-0.4, -0.2) is 13.1 Å². The van der Waals surface area contributed by atoms with Crippen LogP contribution in [0, 0.1) is 5.92 Å². The van der Waals surface area contributed by atoms with Gasteiger partial charge in [0.15, 0.2) is 0 Å². The van der Waals surface area contributed by atoms with Crippen LogP contribution in [0.4, 0.5) is 0 Å². The minimum atomic E-state index is 0.658. The monoisotopic (exact) mass is 205 g/mol. The highest BCUT2D eigenvalue weighted by Crippen LogP contribution is 2.17. The molecule has 0 spiro atoms. The van der Waals surface area contributed by atoms with Crippen molar-refractivity contribution in [1.29, 1.82) is 0 Å². The standard InChI is InChI=1S/C14H23N/c1-12(2)11-15-10-9-13(3)14-7-5-4-6-8-14/h4-8,12-13,15H,9-11H2,1-3H3. The largest absolute Gasteiger partial charge is 0.316 e. The summed E-state index contributed by atoms with van der Waals surface area (Å²) in [7, 11) is 0. The Balaban J connectivity index is 2.22. The molecule has 0 aromatic heterocycles. The van der Waals surface area contributed by atoms with Crippen LogP contribution in [-0.2, 0) is 0 Å². The van der Waals surface area contributed by atoms with Gasteiger partial charge in [-0.05, 0) is 36.9 Å². The molecule has 0 aliphatic rings. The Bertz CT molecular complexity index is 253. The fraction of sp³-hybridized carbons (Fsp3) is 0.571. The summed E-state index contributed by atoms with van der Waals surface area (Å²) in [5.41, 5.74) is 1.45. The Kier molecular flexibility index (Phi) is 5.41. The number of hydrogen-bond donors (Lipinski definition) is 1. The summed E-state index contributed by atoms with van der Waals surface area (Å²) < 4.78 is 0. The molecule has 0 heterocycles. The molecule has 1 N–H and O–H groups in total. The van der Waals surface area contributed by atoms with Crippen LogP contribution >= 0.6 is 0 Å². The van der Waals surface area contributed by atoms with E-state index >= 15 is 0 Å². The van der Waals surface area contributed by atoms with Crippen molar-refractivity contribution in [2.24, 2.45) is 5.92 Å². The second-order valence-electron chi connectivity index (χ2n) is 4.70. The summed E-state index contributed by atoms with van der Waals surface area (Å²) >= 11 is 0. The summed E-state index contributed by atoms with van der Waals surface area (Å²) in [6.07, 6.45) is 1.22. The van der Waals surface area contributed by atoms with Crippen molar-refractivity contribution in [3.05, 3.63) is 35.9 Å². The van der Waals surface area contributed by atoms with E-state index in [2.05, 4.69) is 56.4 Å². The van der Waals surface area contributed by atoms with Gasteiger partial charge in [0.1, 0.15) is 0 Å². The summed E-state index contributed by atoms with van der Waals surface area (Å²) in [6.45, 7) is 9.03. The van der Waals surface area contributed by atoms with Gasteiger partial charge in [-0.1, -0.05) is 51.1 Å².